The van der Waals surface area contributed by atoms with E-state index in [9.17, 15) is 19.5 Å². The van der Waals surface area contributed by atoms with Crippen LogP contribution in [0.5, 0.6) is 0 Å². The van der Waals surface area contributed by atoms with Crippen LogP contribution in [0.15, 0.2) is 73.7 Å². The minimum absolute atomic E-state index is 0.0248. The number of benzene rings is 2. The molecule has 1 aliphatic carbocycles. The number of aromatic nitrogens is 2. The number of hydrogen-bond donors (Lipinski definition) is 3. The van der Waals surface area contributed by atoms with E-state index in [1.807, 2.05) is 48.5 Å². The fourth-order valence-electron chi connectivity index (χ4n) is 4.37. The summed E-state index contributed by atoms with van der Waals surface area (Å²) in [4.78, 5) is 45.1. The number of carboxylic acids is 1. The number of nitrogens with one attached hydrogen (secondary N) is 2. The molecule has 4 rings (SSSR count). The maximum absolute atomic E-state index is 13.1. The van der Waals surface area contributed by atoms with E-state index in [-0.39, 0.29) is 25.5 Å². The molecule has 2 aromatic carbocycles. The van der Waals surface area contributed by atoms with Crippen molar-refractivity contribution in [1.29, 1.82) is 0 Å². The molecule has 9 nitrogen and oxygen atoms in total. The van der Waals surface area contributed by atoms with Gasteiger partial charge in [-0.3, -0.25) is 9.59 Å². The van der Waals surface area contributed by atoms with Crippen LogP contribution in [0.3, 0.4) is 0 Å². The van der Waals surface area contributed by atoms with Crippen LogP contribution in [-0.4, -0.2) is 63.7 Å². The molecule has 180 valence electrons. The summed E-state index contributed by atoms with van der Waals surface area (Å²) in [6, 6.07) is 14.9. The highest BCUT2D eigenvalue weighted by Gasteiger charge is 2.31. The molecular formula is C26H26N4O5. The Bertz CT molecular complexity index is 1180. The van der Waals surface area contributed by atoms with E-state index >= 15 is 0 Å². The summed E-state index contributed by atoms with van der Waals surface area (Å²) in [5, 5.41) is 11.8. The van der Waals surface area contributed by atoms with Gasteiger partial charge in [-0.1, -0.05) is 54.6 Å². The first kappa shape index (κ1) is 23.7. The van der Waals surface area contributed by atoms with Gasteiger partial charge in [0.15, 0.2) is 0 Å². The Labute approximate surface area is 202 Å². The van der Waals surface area contributed by atoms with Crippen LogP contribution in [0, 0.1) is 0 Å². The van der Waals surface area contributed by atoms with E-state index in [0.29, 0.717) is 5.69 Å². The summed E-state index contributed by atoms with van der Waals surface area (Å²) in [6.07, 6.45) is 3.76. The maximum atomic E-state index is 13.1. The van der Waals surface area contributed by atoms with Crippen molar-refractivity contribution in [3.63, 3.8) is 0 Å². The average Bonchev–Trinajstić information content (AvgIpc) is 3.47. The third kappa shape index (κ3) is 5.40. The smallest absolute Gasteiger partial charge is 0.407 e. The van der Waals surface area contributed by atoms with Gasteiger partial charge in [0.1, 0.15) is 19.2 Å². The van der Waals surface area contributed by atoms with Crippen LogP contribution >= 0.6 is 0 Å². The number of ether oxygens (including phenoxy) is 1. The highest BCUT2D eigenvalue weighted by Crippen LogP contribution is 2.44. The van der Waals surface area contributed by atoms with Crippen molar-refractivity contribution in [3.05, 3.63) is 90.5 Å². The Morgan fingerprint density at radius 3 is 2.37 bits per heavy atom. The summed E-state index contributed by atoms with van der Waals surface area (Å²) in [6.45, 7) is 3.18. The first-order chi connectivity index (χ1) is 17.0. The highest BCUT2D eigenvalue weighted by molar-refractivity contribution is 5.88. The van der Waals surface area contributed by atoms with Crippen molar-refractivity contribution in [2.45, 2.75) is 18.4 Å². The molecule has 0 radical (unpaired) electrons. The topological polar surface area (TPSA) is 125 Å². The van der Waals surface area contributed by atoms with Gasteiger partial charge in [-0.05, 0) is 22.3 Å². The molecule has 0 aliphatic heterocycles. The number of alkyl carbamates (subject to hydrolysis) is 1. The van der Waals surface area contributed by atoms with Crippen LogP contribution in [0.4, 0.5) is 4.79 Å². The van der Waals surface area contributed by atoms with Crippen molar-refractivity contribution >= 4 is 18.0 Å². The molecule has 1 aromatic heterocycles. The lowest BCUT2D eigenvalue weighted by Crippen LogP contribution is -2.51. The molecule has 0 saturated heterocycles. The molecule has 1 aliphatic rings. The van der Waals surface area contributed by atoms with Gasteiger partial charge in [0, 0.05) is 30.8 Å². The lowest BCUT2D eigenvalue weighted by Gasteiger charge is -2.25. The van der Waals surface area contributed by atoms with E-state index in [1.165, 1.54) is 18.6 Å². The largest absolute Gasteiger partial charge is 0.480 e. The SMILES string of the molecule is C=CCN(CC(=O)O)C(=O)[C@H](Cc1cnc[nH]1)NC(=O)OCC1c2ccccc2-c2ccccc21. The predicted octanol–water partition coefficient (Wildman–Crippen LogP) is 2.96. The molecule has 1 heterocycles. The number of hydrogen-bond acceptors (Lipinski definition) is 5. The number of aromatic amines is 1. The van der Waals surface area contributed by atoms with Crippen LogP contribution in [0.25, 0.3) is 11.1 Å². The highest BCUT2D eigenvalue weighted by atomic mass is 16.5. The van der Waals surface area contributed by atoms with Crippen molar-refractivity contribution in [3.8, 4) is 11.1 Å². The Morgan fingerprint density at radius 2 is 1.80 bits per heavy atom. The number of fused-ring (bicyclic) bond motifs is 3. The van der Waals surface area contributed by atoms with E-state index < -0.39 is 30.6 Å². The molecule has 3 aromatic rings. The van der Waals surface area contributed by atoms with Crippen LogP contribution in [-0.2, 0) is 20.7 Å². The number of carbonyl (C=O) groups is 3. The molecule has 0 spiro atoms. The molecule has 3 N–H and O–H groups in total. The molecule has 0 bridgehead atoms. The lowest BCUT2D eigenvalue weighted by atomic mass is 9.98. The first-order valence-corrected chi connectivity index (χ1v) is 11.2. The van der Waals surface area contributed by atoms with Crippen molar-refractivity contribution in [2.24, 2.45) is 0 Å². The lowest BCUT2D eigenvalue weighted by molar-refractivity contribution is -0.144. The molecule has 0 unspecified atom stereocenters. The van der Waals surface area contributed by atoms with Gasteiger partial charge in [-0.15, -0.1) is 6.58 Å². The predicted molar refractivity (Wildman–Crippen MR) is 129 cm³/mol. The number of aliphatic carboxylic acids is 1. The average molecular weight is 475 g/mol. The molecule has 9 heteroatoms. The summed E-state index contributed by atoms with van der Waals surface area (Å²) < 4.78 is 5.58. The molecule has 1 atom stereocenters. The van der Waals surface area contributed by atoms with Crippen molar-refractivity contribution in [2.75, 3.05) is 19.7 Å². The quantitative estimate of drug-likeness (QED) is 0.388. The number of carboxylic acid groups (broad SMARTS) is 1. The maximum Gasteiger partial charge on any atom is 0.407 e. The summed E-state index contributed by atoms with van der Waals surface area (Å²) in [5.41, 5.74) is 4.97. The standard InChI is InChI=1S/C26H26N4O5/c1-2-11-30(14-24(31)32)25(33)23(12-17-13-27-16-28-17)29-26(34)35-15-22-20-9-5-3-7-18(20)19-8-4-6-10-21(19)22/h2-10,13,16,22-23H,1,11-12,14-15H2,(H,27,28)(H,29,34)(H,31,32)/t23-/m0/s1. The first-order valence-electron chi connectivity index (χ1n) is 11.2. The van der Waals surface area contributed by atoms with E-state index in [2.05, 4.69) is 21.9 Å². The summed E-state index contributed by atoms with van der Waals surface area (Å²) in [7, 11) is 0. The number of H-pyrrole nitrogens is 1. The monoisotopic (exact) mass is 474 g/mol. The van der Waals surface area contributed by atoms with Gasteiger partial charge in [0.05, 0.1) is 6.33 Å². The van der Waals surface area contributed by atoms with Crippen LogP contribution in [0.2, 0.25) is 0 Å². The number of carbonyl (C=O) groups excluding carboxylic acids is 2. The zero-order valence-electron chi connectivity index (χ0n) is 19.0. The van der Waals surface area contributed by atoms with Crippen LogP contribution < -0.4 is 5.32 Å². The second-order valence-electron chi connectivity index (χ2n) is 8.20. The zero-order chi connectivity index (χ0) is 24.8. The normalized spacial score (nSPS) is 12.8. The second-order valence-corrected chi connectivity index (χ2v) is 8.20. The molecule has 2 amide bonds. The third-order valence-electron chi connectivity index (χ3n) is 5.90. The number of rotatable bonds is 10. The minimum atomic E-state index is -1.17. The van der Waals surface area contributed by atoms with Gasteiger partial charge in [0.25, 0.3) is 0 Å². The fraction of sp³-hybridized carbons (Fsp3) is 0.231. The minimum Gasteiger partial charge on any atom is -0.480 e. The molecular weight excluding hydrogens is 448 g/mol. The Morgan fingerprint density at radius 1 is 1.14 bits per heavy atom. The van der Waals surface area contributed by atoms with Crippen molar-refractivity contribution < 1.29 is 24.2 Å². The molecule has 0 saturated carbocycles. The molecule has 0 fully saturated rings. The van der Waals surface area contributed by atoms with Gasteiger partial charge in [-0.25, -0.2) is 9.78 Å². The number of nitrogens with zero attached hydrogens (tertiary/aromatic N) is 2. The van der Waals surface area contributed by atoms with Crippen LogP contribution in [0.1, 0.15) is 22.7 Å². The zero-order valence-corrected chi connectivity index (χ0v) is 19.0. The Kier molecular flexibility index (Phi) is 7.25. The van der Waals surface area contributed by atoms with Gasteiger partial charge in [-0.2, -0.15) is 0 Å². The van der Waals surface area contributed by atoms with E-state index in [0.717, 1.165) is 27.2 Å². The Balaban J connectivity index is 1.48. The second kappa shape index (κ2) is 10.7. The van der Waals surface area contributed by atoms with E-state index in [1.54, 1.807) is 0 Å². The Hall–Kier alpha value is -4.40. The van der Waals surface area contributed by atoms with Gasteiger partial charge in [0.2, 0.25) is 5.91 Å². The molecule has 35 heavy (non-hydrogen) atoms. The van der Waals surface area contributed by atoms with Gasteiger partial charge >= 0.3 is 12.1 Å². The third-order valence-corrected chi connectivity index (χ3v) is 5.90. The van der Waals surface area contributed by atoms with Crippen molar-refractivity contribution in [1.82, 2.24) is 20.2 Å². The van der Waals surface area contributed by atoms with Gasteiger partial charge < -0.3 is 25.0 Å². The number of amides is 2. The summed E-state index contributed by atoms with van der Waals surface area (Å²) >= 11 is 0. The fourth-order valence-corrected chi connectivity index (χ4v) is 4.37. The number of imidazole rings is 1. The summed E-state index contributed by atoms with van der Waals surface area (Å²) in [5.74, 6) is -1.85. The van der Waals surface area contributed by atoms with E-state index in [4.69, 9.17) is 4.74 Å².